The van der Waals surface area contributed by atoms with Crippen molar-refractivity contribution in [3.8, 4) is 5.75 Å². The number of hydrogen-bond donors (Lipinski definition) is 1. The number of halogens is 2. The first kappa shape index (κ1) is 14.3. The van der Waals surface area contributed by atoms with E-state index in [1.165, 1.54) is 6.07 Å². The van der Waals surface area contributed by atoms with E-state index in [0.717, 1.165) is 18.6 Å². The van der Waals surface area contributed by atoms with Crippen LogP contribution in [0.4, 0.5) is 4.39 Å². The Bertz CT molecular complexity index is 378. The zero-order valence-electron chi connectivity index (χ0n) is 10.2. The highest BCUT2D eigenvalue weighted by Gasteiger charge is 2.27. The Balaban J connectivity index is 0.00000144. The van der Waals surface area contributed by atoms with E-state index in [2.05, 4.69) is 0 Å². The molecule has 96 valence electrons. The Hall–Kier alpha value is -0.800. The molecule has 0 heterocycles. The third-order valence-electron chi connectivity index (χ3n) is 3.02. The van der Waals surface area contributed by atoms with Crippen molar-refractivity contribution in [2.75, 3.05) is 0 Å². The summed E-state index contributed by atoms with van der Waals surface area (Å²) in [6.07, 6.45) is 2.00. The Morgan fingerprint density at radius 2 is 2.00 bits per heavy atom. The van der Waals surface area contributed by atoms with Crippen LogP contribution in [0.25, 0.3) is 0 Å². The van der Waals surface area contributed by atoms with Crippen LogP contribution >= 0.6 is 12.4 Å². The van der Waals surface area contributed by atoms with Crippen molar-refractivity contribution in [3.05, 3.63) is 29.6 Å². The Kier molecular flexibility index (Phi) is 4.78. The molecule has 0 aliphatic heterocycles. The summed E-state index contributed by atoms with van der Waals surface area (Å²) in [6.45, 7) is 3.95. The SMILES string of the molecule is CC(C)c1cc(OC2CC(N)C2)ccc1F.Cl. The van der Waals surface area contributed by atoms with Crippen LogP contribution in [0.1, 0.15) is 38.2 Å². The molecule has 0 spiro atoms. The van der Waals surface area contributed by atoms with Gasteiger partial charge < -0.3 is 10.5 Å². The molecule has 0 amide bonds. The molecular formula is C13H19ClFNO. The van der Waals surface area contributed by atoms with Crippen LogP contribution in [-0.2, 0) is 0 Å². The molecule has 1 aromatic rings. The molecule has 1 aliphatic carbocycles. The monoisotopic (exact) mass is 259 g/mol. The second kappa shape index (κ2) is 5.69. The molecule has 1 saturated carbocycles. The number of nitrogens with two attached hydrogens (primary N) is 1. The van der Waals surface area contributed by atoms with Crippen molar-refractivity contribution in [2.24, 2.45) is 5.73 Å². The molecule has 1 aliphatic rings. The van der Waals surface area contributed by atoms with Crippen molar-refractivity contribution in [3.63, 3.8) is 0 Å². The number of rotatable bonds is 3. The van der Waals surface area contributed by atoms with Crippen LogP contribution in [0, 0.1) is 5.82 Å². The van der Waals surface area contributed by atoms with E-state index in [1.807, 2.05) is 13.8 Å². The average Bonchev–Trinajstić information content (AvgIpc) is 2.18. The lowest BCUT2D eigenvalue weighted by Crippen LogP contribution is -2.43. The fourth-order valence-corrected chi connectivity index (χ4v) is 1.93. The van der Waals surface area contributed by atoms with Crippen molar-refractivity contribution in [1.29, 1.82) is 0 Å². The largest absolute Gasteiger partial charge is 0.490 e. The molecule has 2 rings (SSSR count). The molecule has 0 unspecified atom stereocenters. The van der Waals surface area contributed by atoms with Gasteiger partial charge in [0.15, 0.2) is 0 Å². The molecule has 0 bridgehead atoms. The highest BCUT2D eigenvalue weighted by atomic mass is 35.5. The van der Waals surface area contributed by atoms with Gasteiger partial charge in [-0.3, -0.25) is 0 Å². The number of ether oxygens (including phenoxy) is 1. The maximum absolute atomic E-state index is 13.4. The molecule has 2 N–H and O–H groups in total. The first-order valence-electron chi connectivity index (χ1n) is 5.78. The molecule has 0 aromatic heterocycles. The van der Waals surface area contributed by atoms with E-state index in [0.29, 0.717) is 5.56 Å². The highest BCUT2D eigenvalue weighted by molar-refractivity contribution is 5.85. The van der Waals surface area contributed by atoms with E-state index in [1.54, 1.807) is 12.1 Å². The maximum Gasteiger partial charge on any atom is 0.126 e. The Labute approximate surface area is 108 Å². The van der Waals surface area contributed by atoms with Crippen LogP contribution < -0.4 is 10.5 Å². The van der Waals surface area contributed by atoms with Crippen molar-refractivity contribution >= 4 is 12.4 Å². The molecule has 17 heavy (non-hydrogen) atoms. The highest BCUT2D eigenvalue weighted by Crippen LogP contribution is 2.28. The topological polar surface area (TPSA) is 35.2 Å². The van der Waals surface area contributed by atoms with Gasteiger partial charge in [-0.05, 0) is 42.5 Å². The van der Waals surface area contributed by atoms with Crippen LogP contribution in [0.2, 0.25) is 0 Å². The molecule has 4 heteroatoms. The van der Waals surface area contributed by atoms with Gasteiger partial charge >= 0.3 is 0 Å². The van der Waals surface area contributed by atoms with Gasteiger partial charge in [-0.2, -0.15) is 0 Å². The summed E-state index contributed by atoms with van der Waals surface area (Å²) in [5.41, 5.74) is 6.39. The van der Waals surface area contributed by atoms with Gasteiger partial charge in [-0.15, -0.1) is 12.4 Å². The smallest absolute Gasteiger partial charge is 0.126 e. The maximum atomic E-state index is 13.4. The third-order valence-corrected chi connectivity index (χ3v) is 3.02. The second-order valence-electron chi connectivity index (χ2n) is 4.81. The van der Waals surface area contributed by atoms with Gasteiger partial charge in [-0.25, -0.2) is 4.39 Å². The van der Waals surface area contributed by atoms with Gasteiger partial charge in [0.05, 0.1) is 0 Å². The molecule has 1 aromatic carbocycles. The van der Waals surface area contributed by atoms with E-state index < -0.39 is 0 Å². The standard InChI is InChI=1S/C13H18FNO.ClH/c1-8(2)12-7-10(3-4-13(12)14)16-11-5-9(15)6-11;/h3-4,7-9,11H,5-6,15H2,1-2H3;1H. The summed E-state index contributed by atoms with van der Waals surface area (Å²) >= 11 is 0. The van der Waals surface area contributed by atoms with Crippen LogP contribution in [0.5, 0.6) is 5.75 Å². The molecular weight excluding hydrogens is 241 g/mol. The number of benzene rings is 1. The quantitative estimate of drug-likeness (QED) is 0.905. The first-order chi connectivity index (χ1) is 7.56. The average molecular weight is 260 g/mol. The van der Waals surface area contributed by atoms with Crippen LogP contribution in [0.15, 0.2) is 18.2 Å². The fraction of sp³-hybridized carbons (Fsp3) is 0.538. The Morgan fingerprint density at radius 3 is 2.53 bits per heavy atom. The van der Waals surface area contributed by atoms with Gasteiger partial charge in [0.2, 0.25) is 0 Å². The predicted octanol–water partition coefficient (Wildman–Crippen LogP) is 3.24. The first-order valence-corrected chi connectivity index (χ1v) is 5.78. The van der Waals surface area contributed by atoms with Gasteiger partial charge in [0.25, 0.3) is 0 Å². The van der Waals surface area contributed by atoms with E-state index in [4.69, 9.17) is 10.5 Å². The number of hydrogen-bond acceptors (Lipinski definition) is 2. The normalized spacial score (nSPS) is 22.9. The van der Waals surface area contributed by atoms with Crippen LogP contribution in [-0.4, -0.2) is 12.1 Å². The summed E-state index contributed by atoms with van der Waals surface area (Å²) in [5, 5.41) is 0. The minimum absolute atomic E-state index is 0. The lowest BCUT2D eigenvalue weighted by Gasteiger charge is -2.32. The zero-order valence-corrected chi connectivity index (χ0v) is 11.0. The van der Waals surface area contributed by atoms with E-state index in [9.17, 15) is 4.39 Å². The van der Waals surface area contributed by atoms with Gasteiger partial charge in [0, 0.05) is 6.04 Å². The molecule has 0 radical (unpaired) electrons. The van der Waals surface area contributed by atoms with E-state index >= 15 is 0 Å². The molecule has 2 nitrogen and oxygen atoms in total. The lowest BCUT2D eigenvalue weighted by molar-refractivity contribution is 0.101. The lowest BCUT2D eigenvalue weighted by atomic mass is 9.90. The van der Waals surface area contributed by atoms with Crippen LogP contribution in [0.3, 0.4) is 0 Å². The van der Waals surface area contributed by atoms with E-state index in [-0.39, 0.29) is 36.3 Å². The van der Waals surface area contributed by atoms with Crippen molar-refractivity contribution in [1.82, 2.24) is 0 Å². The summed E-state index contributed by atoms with van der Waals surface area (Å²) < 4.78 is 19.2. The van der Waals surface area contributed by atoms with Gasteiger partial charge in [0.1, 0.15) is 17.7 Å². The minimum atomic E-state index is -0.160. The summed E-state index contributed by atoms with van der Waals surface area (Å²) in [5.74, 6) is 0.766. The summed E-state index contributed by atoms with van der Waals surface area (Å²) in [6, 6.07) is 5.23. The fourth-order valence-electron chi connectivity index (χ4n) is 1.93. The van der Waals surface area contributed by atoms with Crippen molar-refractivity contribution < 1.29 is 9.13 Å². The Morgan fingerprint density at radius 1 is 1.35 bits per heavy atom. The third kappa shape index (κ3) is 3.33. The molecule has 1 fully saturated rings. The molecule has 0 saturated heterocycles. The van der Waals surface area contributed by atoms with Gasteiger partial charge in [-0.1, -0.05) is 13.8 Å². The summed E-state index contributed by atoms with van der Waals surface area (Å²) in [4.78, 5) is 0. The van der Waals surface area contributed by atoms with Crippen molar-refractivity contribution in [2.45, 2.75) is 44.8 Å². The predicted molar refractivity (Wildman–Crippen MR) is 69.4 cm³/mol. The molecule has 0 atom stereocenters. The second-order valence-corrected chi connectivity index (χ2v) is 4.81. The zero-order chi connectivity index (χ0) is 11.7. The summed E-state index contributed by atoms with van der Waals surface area (Å²) in [7, 11) is 0. The minimum Gasteiger partial charge on any atom is -0.490 e.